The fraction of sp³-hybridized carbons (Fsp3) is 0.133. The van der Waals surface area contributed by atoms with E-state index in [1.54, 1.807) is 38.5 Å². The van der Waals surface area contributed by atoms with Crippen LogP contribution in [0, 0.1) is 3.57 Å². The summed E-state index contributed by atoms with van der Waals surface area (Å²) in [4.78, 5) is 12.2. The van der Waals surface area contributed by atoms with Gasteiger partial charge in [-0.25, -0.2) is 0 Å². The maximum atomic E-state index is 12.2. The number of ether oxygens (including phenoxy) is 2. The van der Waals surface area contributed by atoms with Crippen molar-refractivity contribution in [3.63, 3.8) is 0 Å². The Bertz CT molecular complexity index is 606. The van der Waals surface area contributed by atoms with E-state index < -0.39 is 0 Å². The lowest BCUT2D eigenvalue weighted by Gasteiger charge is -2.10. The summed E-state index contributed by atoms with van der Waals surface area (Å²) < 4.78 is 11.3. The largest absolute Gasteiger partial charge is 0.497 e. The Hall–Kier alpha value is -1.76. The summed E-state index contributed by atoms with van der Waals surface area (Å²) in [6.45, 7) is 0. The van der Waals surface area contributed by atoms with Crippen LogP contribution in [0.1, 0.15) is 10.4 Å². The highest BCUT2D eigenvalue weighted by molar-refractivity contribution is 14.1. The Kier molecular flexibility index (Phi) is 4.84. The van der Waals surface area contributed by atoms with Crippen molar-refractivity contribution in [1.29, 1.82) is 0 Å². The molecule has 5 heteroatoms. The van der Waals surface area contributed by atoms with Gasteiger partial charge in [0.1, 0.15) is 11.5 Å². The molecule has 104 valence electrons. The second-order valence-corrected chi connectivity index (χ2v) is 5.20. The second-order valence-electron chi connectivity index (χ2n) is 4.04. The lowest BCUT2D eigenvalue weighted by molar-refractivity contribution is 0.102. The van der Waals surface area contributed by atoms with E-state index in [0.29, 0.717) is 22.7 Å². The maximum absolute atomic E-state index is 12.2. The molecule has 2 aromatic carbocycles. The summed E-state index contributed by atoms with van der Waals surface area (Å²) in [5.41, 5.74) is 1.26. The zero-order chi connectivity index (χ0) is 14.5. The minimum absolute atomic E-state index is 0.162. The second kappa shape index (κ2) is 6.60. The third-order valence-electron chi connectivity index (χ3n) is 2.73. The van der Waals surface area contributed by atoms with E-state index in [2.05, 4.69) is 27.9 Å². The van der Waals surface area contributed by atoms with Gasteiger partial charge >= 0.3 is 0 Å². The molecule has 2 rings (SSSR count). The van der Waals surface area contributed by atoms with Crippen molar-refractivity contribution in [2.45, 2.75) is 0 Å². The van der Waals surface area contributed by atoms with Gasteiger partial charge in [-0.05, 0) is 34.7 Å². The highest BCUT2D eigenvalue weighted by atomic mass is 127. The average molecular weight is 383 g/mol. The fourth-order valence-corrected chi connectivity index (χ4v) is 2.36. The minimum Gasteiger partial charge on any atom is -0.497 e. The Morgan fingerprint density at radius 1 is 1.05 bits per heavy atom. The number of amides is 1. The molecular formula is C15H14INO3. The predicted octanol–water partition coefficient (Wildman–Crippen LogP) is 3.56. The Morgan fingerprint density at radius 2 is 1.65 bits per heavy atom. The molecule has 4 nitrogen and oxygen atoms in total. The zero-order valence-electron chi connectivity index (χ0n) is 11.1. The monoisotopic (exact) mass is 383 g/mol. The van der Waals surface area contributed by atoms with Crippen LogP contribution in [-0.2, 0) is 0 Å². The van der Waals surface area contributed by atoms with Crippen LogP contribution in [0.25, 0.3) is 0 Å². The molecule has 0 bridgehead atoms. The average Bonchev–Trinajstić information content (AvgIpc) is 2.47. The molecule has 0 spiro atoms. The molecule has 0 saturated heterocycles. The number of methoxy groups -OCH3 is 2. The van der Waals surface area contributed by atoms with Crippen molar-refractivity contribution < 1.29 is 14.3 Å². The van der Waals surface area contributed by atoms with Crippen molar-refractivity contribution in [2.75, 3.05) is 19.5 Å². The standard InChI is InChI=1S/C15H14INO3/c1-19-11-7-10(8-12(9-11)20-2)17-15(18)13-5-3-4-6-14(13)16/h3-9H,1-2H3,(H,17,18). The SMILES string of the molecule is COc1cc(NC(=O)c2ccccc2I)cc(OC)c1. The quantitative estimate of drug-likeness (QED) is 0.822. The Labute approximate surface area is 131 Å². The molecule has 0 aromatic heterocycles. The molecule has 1 N–H and O–H groups in total. The van der Waals surface area contributed by atoms with E-state index in [1.165, 1.54) is 0 Å². The molecule has 1 amide bonds. The van der Waals surface area contributed by atoms with Gasteiger partial charge in [0.25, 0.3) is 5.91 Å². The van der Waals surface area contributed by atoms with Crippen molar-refractivity contribution in [3.05, 3.63) is 51.6 Å². The number of carbonyl (C=O) groups excluding carboxylic acids is 1. The minimum atomic E-state index is -0.162. The van der Waals surface area contributed by atoms with Gasteiger partial charge in [0.2, 0.25) is 0 Å². The number of nitrogens with one attached hydrogen (secondary N) is 1. The van der Waals surface area contributed by atoms with Crippen LogP contribution in [0.4, 0.5) is 5.69 Å². The molecule has 0 heterocycles. The van der Waals surface area contributed by atoms with Crippen LogP contribution in [0.3, 0.4) is 0 Å². The summed E-state index contributed by atoms with van der Waals surface area (Å²) in [5, 5.41) is 2.84. The third-order valence-corrected chi connectivity index (χ3v) is 3.67. The highest BCUT2D eigenvalue weighted by Gasteiger charge is 2.10. The van der Waals surface area contributed by atoms with Gasteiger partial charge in [0, 0.05) is 27.5 Å². The number of benzene rings is 2. The Morgan fingerprint density at radius 3 is 2.20 bits per heavy atom. The number of hydrogen-bond donors (Lipinski definition) is 1. The summed E-state index contributed by atoms with van der Waals surface area (Å²) in [6, 6.07) is 12.7. The molecular weight excluding hydrogens is 369 g/mol. The van der Waals surface area contributed by atoms with Crippen molar-refractivity contribution >= 4 is 34.2 Å². The van der Waals surface area contributed by atoms with Crippen molar-refractivity contribution in [2.24, 2.45) is 0 Å². The van der Waals surface area contributed by atoms with Crippen LogP contribution in [0.2, 0.25) is 0 Å². The summed E-state index contributed by atoms with van der Waals surface area (Å²) in [5.74, 6) is 1.09. The molecule has 0 saturated carbocycles. The third kappa shape index (κ3) is 3.41. The van der Waals surface area contributed by atoms with E-state index >= 15 is 0 Å². The van der Waals surface area contributed by atoms with Gasteiger partial charge in [-0.15, -0.1) is 0 Å². The number of halogens is 1. The van der Waals surface area contributed by atoms with Gasteiger partial charge in [-0.3, -0.25) is 4.79 Å². The number of carbonyl (C=O) groups is 1. The van der Waals surface area contributed by atoms with Crippen LogP contribution >= 0.6 is 22.6 Å². The molecule has 0 aliphatic rings. The van der Waals surface area contributed by atoms with E-state index in [-0.39, 0.29) is 5.91 Å². The van der Waals surface area contributed by atoms with Crippen LogP contribution in [-0.4, -0.2) is 20.1 Å². The molecule has 0 atom stereocenters. The van der Waals surface area contributed by atoms with Gasteiger partial charge < -0.3 is 14.8 Å². The van der Waals surface area contributed by atoms with Crippen LogP contribution < -0.4 is 14.8 Å². The van der Waals surface area contributed by atoms with Gasteiger partial charge in [-0.2, -0.15) is 0 Å². The fourth-order valence-electron chi connectivity index (χ4n) is 1.72. The van der Waals surface area contributed by atoms with Crippen molar-refractivity contribution in [3.8, 4) is 11.5 Å². The molecule has 0 aliphatic carbocycles. The first-order chi connectivity index (χ1) is 9.63. The lowest BCUT2D eigenvalue weighted by atomic mass is 10.2. The van der Waals surface area contributed by atoms with Gasteiger partial charge in [-0.1, -0.05) is 12.1 Å². The van der Waals surface area contributed by atoms with E-state index in [0.717, 1.165) is 3.57 Å². The first kappa shape index (κ1) is 14.6. The molecule has 0 unspecified atom stereocenters. The van der Waals surface area contributed by atoms with Crippen molar-refractivity contribution in [1.82, 2.24) is 0 Å². The number of rotatable bonds is 4. The summed E-state index contributed by atoms with van der Waals surface area (Å²) in [7, 11) is 3.14. The normalized spacial score (nSPS) is 9.95. The lowest BCUT2D eigenvalue weighted by Crippen LogP contribution is -2.13. The summed E-state index contributed by atoms with van der Waals surface area (Å²) >= 11 is 2.14. The van der Waals surface area contributed by atoms with E-state index in [1.807, 2.05) is 18.2 Å². The molecule has 0 fully saturated rings. The maximum Gasteiger partial charge on any atom is 0.256 e. The summed E-state index contributed by atoms with van der Waals surface area (Å²) in [6.07, 6.45) is 0. The first-order valence-electron chi connectivity index (χ1n) is 5.93. The smallest absolute Gasteiger partial charge is 0.256 e. The Balaban J connectivity index is 2.26. The molecule has 0 radical (unpaired) electrons. The van der Waals surface area contributed by atoms with E-state index in [4.69, 9.17) is 9.47 Å². The zero-order valence-corrected chi connectivity index (χ0v) is 13.3. The van der Waals surface area contributed by atoms with Gasteiger partial charge in [0.05, 0.1) is 19.8 Å². The molecule has 2 aromatic rings. The van der Waals surface area contributed by atoms with Crippen LogP contribution in [0.5, 0.6) is 11.5 Å². The number of anilines is 1. The molecule has 20 heavy (non-hydrogen) atoms. The topological polar surface area (TPSA) is 47.6 Å². The highest BCUT2D eigenvalue weighted by Crippen LogP contribution is 2.26. The molecule has 0 aliphatic heterocycles. The predicted molar refractivity (Wildman–Crippen MR) is 86.7 cm³/mol. The van der Waals surface area contributed by atoms with E-state index in [9.17, 15) is 4.79 Å². The van der Waals surface area contributed by atoms with Crippen LogP contribution in [0.15, 0.2) is 42.5 Å². The van der Waals surface area contributed by atoms with Gasteiger partial charge in [0.15, 0.2) is 0 Å². The first-order valence-corrected chi connectivity index (χ1v) is 7.01. The number of hydrogen-bond acceptors (Lipinski definition) is 3.